The molecule has 2 aliphatic rings. The molecule has 2 aromatic heterocycles. The van der Waals surface area contributed by atoms with Crippen LogP contribution in [0.1, 0.15) is 79.2 Å². The molecule has 0 aliphatic heterocycles. The smallest absolute Gasteiger partial charge is 0.391 e. The Hall–Kier alpha value is -2.99. The molecule has 2 fully saturated rings. The highest BCUT2D eigenvalue weighted by molar-refractivity contribution is 7.91. The second-order valence-corrected chi connectivity index (χ2v) is 13.1. The summed E-state index contributed by atoms with van der Waals surface area (Å²) in [6, 6.07) is 7.28. The highest BCUT2D eigenvalue weighted by atomic mass is 32.2. The topological polar surface area (TPSA) is 114 Å². The molecular weight excluding hydrogens is 545 g/mol. The number of nitrogens with zero attached hydrogens (tertiary/aromatic N) is 3. The zero-order valence-electron chi connectivity index (χ0n) is 22.2. The lowest BCUT2D eigenvalue weighted by Crippen LogP contribution is -2.31. The molecule has 2 N–H and O–H groups in total. The molecule has 216 valence electrons. The maximum absolute atomic E-state index is 13.1. The Balaban J connectivity index is 1.32. The van der Waals surface area contributed by atoms with E-state index in [1.54, 1.807) is 12.1 Å². The summed E-state index contributed by atoms with van der Waals surface area (Å²) >= 11 is 0. The number of alkyl halides is 3. The maximum atomic E-state index is 13.1. The number of aromatic nitrogens is 3. The van der Waals surface area contributed by atoms with Crippen molar-refractivity contribution in [2.24, 2.45) is 11.8 Å². The number of amides is 1. The number of nitrogens with one attached hydrogen (secondary N) is 1. The molecule has 0 unspecified atom stereocenters. The molecular formula is C28H33F3N4O4S. The number of pyridine rings is 1. The quantitative estimate of drug-likeness (QED) is 0.372. The van der Waals surface area contributed by atoms with E-state index < -0.39 is 40.5 Å². The minimum atomic E-state index is -4.13. The molecule has 2 heterocycles. The average molecular weight is 579 g/mol. The Morgan fingerprint density at radius 1 is 1.12 bits per heavy atom. The van der Waals surface area contributed by atoms with Crippen molar-refractivity contribution in [1.29, 1.82) is 0 Å². The van der Waals surface area contributed by atoms with Crippen LogP contribution in [0.15, 0.2) is 41.4 Å². The van der Waals surface area contributed by atoms with Gasteiger partial charge in [-0.1, -0.05) is 13.0 Å². The number of halogens is 3. The van der Waals surface area contributed by atoms with Crippen LogP contribution in [0.5, 0.6) is 0 Å². The monoisotopic (exact) mass is 578 g/mol. The summed E-state index contributed by atoms with van der Waals surface area (Å²) in [5.41, 5.74) is 2.40. The van der Waals surface area contributed by atoms with Gasteiger partial charge in [-0.2, -0.15) is 18.3 Å². The predicted octanol–water partition coefficient (Wildman–Crippen LogP) is 4.93. The number of benzene rings is 1. The summed E-state index contributed by atoms with van der Waals surface area (Å²) in [4.78, 5) is 17.3. The van der Waals surface area contributed by atoms with Gasteiger partial charge >= 0.3 is 6.18 Å². The van der Waals surface area contributed by atoms with Gasteiger partial charge in [0.25, 0.3) is 5.91 Å². The minimum Gasteiger partial charge on any atom is -0.394 e. The Bertz CT molecular complexity index is 1480. The summed E-state index contributed by atoms with van der Waals surface area (Å²) < 4.78 is 65.3. The van der Waals surface area contributed by atoms with Gasteiger partial charge < -0.3 is 10.4 Å². The van der Waals surface area contributed by atoms with Crippen LogP contribution in [0.25, 0.3) is 10.9 Å². The first-order valence-corrected chi connectivity index (χ1v) is 15.3. The Morgan fingerprint density at radius 3 is 2.42 bits per heavy atom. The lowest BCUT2D eigenvalue weighted by atomic mass is 9.81. The highest BCUT2D eigenvalue weighted by Gasteiger charge is 2.41. The molecule has 0 bridgehead atoms. The number of aliphatic hydroxyl groups excluding tert-OH is 1. The molecule has 12 heteroatoms. The lowest BCUT2D eigenvalue weighted by molar-refractivity contribution is -0.184. The van der Waals surface area contributed by atoms with E-state index in [0.29, 0.717) is 42.1 Å². The number of fused-ring (bicyclic) bond motifs is 1. The molecule has 8 nitrogen and oxygen atoms in total. The first-order valence-electron chi connectivity index (χ1n) is 13.7. The van der Waals surface area contributed by atoms with Gasteiger partial charge in [0.2, 0.25) is 0 Å². The predicted molar refractivity (Wildman–Crippen MR) is 142 cm³/mol. The number of hydrogen-bond donors (Lipinski definition) is 2. The zero-order chi connectivity index (χ0) is 28.7. The van der Waals surface area contributed by atoms with Gasteiger partial charge in [0.15, 0.2) is 9.84 Å². The molecule has 1 atom stereocenters. The molecule has 0 radical (unpaired) electrons. The maximum Gasteiger partial charge on any atom is 0.391 e. The van der Waals surface area contributed by atoms with Gasteiger partial charge in [0.05, 0.1) is 40.4 Å². The van der Waals surface area contributed by atoms with Crippen molar-refractivity contribution in [2.75, 3.05) is 12.4 Å². The van der Waals surface area contributed by atoms with E-state index in [1.165, 1.54) is 25.3 Å². The molecule has 0 spiro atoms. The number of hydrogen-bond acceptors (Lipinski definition) is 6. The van der Waals surface area contributed by atoms with E-state index in [4.69, 9.17) is 5.10 Å². The standard InChI is InChI=1S/C28H33F3N4O4S/c1-2-40(38,39)21-10-12-23(32-14-21)25(16-36)33-27(37)19-7-11-22-24(13-19)34-35(26(22)18-5-6-18)15-17-3-8-20(9-4-17)28(29,30)31/h7,10-14,17-18,20,25,36H,2-6,8-9,15-16H2,1H3,(H,33,37)/t17?,20?,25-/m0/s1. The van der Waals surface area contributed by atoms with E-state index in [2.05, 4.69) is 10.3 Å². The molecule has 40 heavy (non-hydrogen) atoms. The van der Waals surface area contributed by atoms with Crippen LogP contribution in [0.3, 0.4) is 0 Å². The normalized spacial score (nSPS) is 20.9. The molecule has 5 rings (SSSR count). The summed E-state index contributed by atoms with van der Waals surface area (Å²) in [6.07, 6.45) is 0.482. The van der Waals surface area contributed by atoms with Crippen molar-refractivity contribution in [2.45, 2.75) is 75.0 Å². The minimum absolute atomic E-state index is 0.0614. The van der Waals surface area contributed by atoms with Crippen molar-refractivity contribution >= 4 is 26.6 Å². The third kappa shape index (κ3) is 6.02. The number of rotatable bonds is 9. The van der Waals surface area contributed by atoms with Gasteiger partial charge in [-0.3, -0.25) is 14.5 Å². The number of aliphatic hydroxyl groups is 1. The summed E-state index contributed by atoms with van der Waals surface area (Å²) in [7, 11) is -3.42. The molecule has 0 saturated heterocycles. The van der Waals surface area contributed by atoms with Crippen LogP contribution in [-0.4, -0.2) is 52.7 Å². The Kier molecular flexibility index (Phi) is 7.93. The van der Waals surface area contributed by atoms with Crippen LogP contribution in [0.4, 0.5) is 13.2 Å². The summed E-state index contributed by atoms with van der Waals surface area (Å²) in [5.74, 6) is -1.23. The number of carbonyl (C=O) groups excluding carboxylic acids is 1. The average Bonchev–Trinajstić information content (AvgIpc) is 3.71. The first kappa shape index (κ1) is 28.5. The largest absolute Gasteiger partial charge is 0.394 e. The van der Waals surface area contributed by atoms with Crippen LogP contribution in [0, 0.1) is 11.8 Å². The molecule has 2 aliphatic carbocycles. The fourth-order valence-corrected chi connectivity index (χ4v) is 6.36. The fraction of sp³-hybridized carbons (Fsp3) is 0.536. The fourth-order valence-electron chi connectivity index (χ4n) is 5.54. The summed E-state index contributed by atoms with van der Waals surface area (Å²) in [5, 5.41) is 18.4. The van der Waals surface area contributed by atoms with Crippen molar-refractivity contribution < 1.29 is 31.5 Å². The van der Waals surface area contributed by atoms with E-state index in [-0.39, 0.29) is 29.4 Å². The van der Waals surface area contributed by atoms with E-state index in [0.717, 1.165) is 23.9 Å². The van der Waals surface area contributed by atoms with Crippen LogP contribution in [-0.2, 0) is 16.4 Å². The number of sulfone groups is 1. The van der Waals surface area contributed by atoms with Crippen molar-refractivity contribution in [1.82, 2.24) is 20.1 Å². The molecule has 1 aromatic carbocycles. The van der Waals surface area contributed by atoms with Crippen LogP contribution in [0.2, 0.25) is 0 Å². The van der Waals surface area contributed by atoms with Gasteiger partial charge in [0.1, 0.15) is 0 Å². The second-order valence-electron chi connectivity index (χ2n) is 10.9. The third-order valence-electron chi connectivity index (χ3n) is 8.09. The highest BCUT2D eigenvalue weighted by Crippen LogP contribution is 2.45. The third-order valence-corrected chi connectivity index (χ3v) is 9.81. The van der Waals surface area contributed by atoms with E-state index >= 15 is 0 Å². The Labute approximate surface area is 230 Å². The Morgan fingerprint density at radius 2 is 1.85 bits per heavy atom. The zero-order valence-corrected chi connectivity index (χ0v) is 23.0. The van der Waals surface area contributed by atoms with E-state index in [9.17, 15) is 31.5 Å². The first-order chi connectivity index (χ1) is 19.0. The van der Waals surface area contributed by atoms with Crippen molar-refractivity contribution in [3.63, 3.8) is 0 Å². The van der Waals surface area contributed by atoms with Crippen LogP contribution >= 0.6 is 0 Å². The van der Waals surface area contributed by atoms with Crippen molar-refractivity contribution in [3.05, 3.63) is 53.5 Å². The second kappa shape index (κ2) is 11.1. The SMILES string of the molecule is CCS(=O)(=O)c1ccc([C@H](CO)NC(=O)c2ccc3c(C4CC4)n(CC4CCC(C(F)(F)F)CC4)nc3c2)nc1. The van der Waals surface area contributed by atoms with Gasteiger partial charge in [-0.05, 0) is 68.7 Å². The molecule has 2 saturated carbocycles. The summed E-state index contributed by atoms with van der Waals surface area (Å²) in [6.45, 7) is 1.67. The van der Waals surface area contributed by atoms with Gasteiger partial charge in [-0.25, -0.2) is 8.42 Å². The van der Waals surface area contributed by atoms with Crippen LogP contribution < -0.4 is 5.32 Å². The lowest BCUT2D eigenvalue weighted by Gasteiger charge is -2.30. The molecule has 3 aromatic rings. The van der Waals surface area contributed by atoms with Gasteiger partial charge in [0, 0.05) is 35.3 Å². The van der Waals surface area contributed by atoms with Crippen molar-refractivity contribution in [3.8, 4) is 0 Å². The molecule has 1 amide bonds. The number of carbonyl (C=O) groups is 1. The van der Waals surface area contributed by atoms with E-state index in [1.807, 2.05) is 10.7 Å². The van der Waals surface area contributed by atoms with Gasteiger partial charge in [-0.15, -0.1) is 0 Å².